The number of carboxylic acids is 1. The third kappa shape index (κ3) is 6.23. The number of nitrogens with zero attached hydrogens (tertiary/aromatic N) is 4. The number of aliphatic carboxylic acids is 1. The molecule has 0 aliphatic rings. The number of carboxylic acid groups (broad SMARTS) is 1. The summed E-state index contributed by atoms with van der Waals surface area (Å²) in [5.41, 5.74) is 3.71. The van der Waals surface area contributed by atoms with Gasteiger partial charge in [-0.05, 0) is 39.5 Å². The Hall–Kier alpha value is -3.59. The van der Waals surface area contributed by atoms with E-state index in [0.717, 1.165) is 35.1 Å². The Bertz CT molecular complexity index is 1040. The Morgan fingerprint density at radius 3 is 2.27 bits per heavy atom. The number of carbonyl (C=O) groups excluding carboxylic acids is 1. The topological polar surface area (TPSA) is 144 Å². The van der Waals surface area contributed by atoms with Gasteiger partial charge in [-0.2, -0.15) is 0 Å². The quantitative estimate of drug-likeness (QED) is 0.482. The van der Waals surface area contributed by atoms with Crippen LogP contribution in [0.25, 0.3) is 22.5 Å². The number of hydrogen-bond donors (Lipinski definition) is 2. The molecular weight excluding hydrogens is 422 g/mol. The van der Waals surface area contributed by atoms with E-state index in [9.17, 15) is 14.7 Å². The van der Waals surface area contributed by atoms with Crippen molar-refractivity contribution in [3.8, 4) is 22.5 Å². The number of rotatable bonds is 10. The monoisotopic (exact) mass is 453 g/mol. The first-order valence-electron chi connectivity index (χ1n) is 10.9. The van der Waals surface area contributed by atoms with Gasteiger partial charge in [0.1, 0.15) is 6.04 Å². The van der Waals surface area contributed by atoms with Crippen molar-refractivity contribution in [1.82, 2.24) is 25.5 Å². The first-order chi connectivity index (χ1) is 15.4. The average Bonchev–Trinajstić information content (AvgIpc) is 3.32. The summed E-state index contributed by atoms with van der Waals surface area (Å²) in [6.07, 6.45) is 1.98. The van der Waals surface area contributed by atoms with Gasteiger partial charge < -0.3 is 15.5 Å². The molecular formula is C24H31N5O4. The highest BCUT2D eigenvalue weighted by Gasteiger charge is 2.32. The minimum absolute atomic E-state index is 0. The molecule has 3 aromatic rings. The Morgan fingerprint density at radius 2 is 1.73 bits per heavy atom. The number of tetrazole rings is 1. The summed E-state index contributed by atoms with van der Waals surface area (Å²) >= 11 is 0. The van der Waals surface area contributed by atoms with Crippen LogP contribution in [-0.4, -0.2) is 54.0 Å². The molecule has 0 unspecified atom stereocenters. The molecule has 0 spiro atoms. The molecule has 1 amide bonds. The molecule has 1 atom stereocenters. The van der Waals surface area contributed by atoms with Crippen molar-refractivity contribution in [3.63, 3.8) is 0 Å². The highest BCUT2D eigenvalue weighted by atomic mass is 16.4. The SMILES string of the molecule is CCCCC(=O)N(Cc1ccc(-c2ccccc2-c2nnn[nH]2)cc1)[C@H](C(=O)O)C(C)C.O. The van der Waals surface area contributed by atoms with Crippen LogP contribution in [0.5, 0.6) is 0 Å². The molecule has 0 fully saturated rings. The van der Waals surface area contributed by atoms with E-state index in [2.05, 4.69) is 20.6 Å². The largest absolute Gasteiger partial charge is 0.480 e. The molecule has 0 aliphatic heterocycles. The smallest absolute Gasteiger partial charge is 0.326 e. The fourth-order valence-corrected chi connectivity index (χ4v) is 3.79. The fraction of sp³-hybridized carbons (Fsp3) is 0.375. The van der Waals surface area contributed by atoms with Gasteiger partial charge in [0.15, 0.2) is 5.82 Å². The Balaban J connectivity index is 0.00000385. The summed E-state index contributed by atoms with van der Waals surface area (Å²) in [4.78, 5) is 26.3. The van der Waals surface area contributed by atoms with Crippen LogP contribution in [0.4, 0.5) is 0 Å². The number of aromatic nitrogens is 4. The number of hydrogen-bond acceptors (Lipinski definition) is 5. The number of amides is 1. The number of benzene rings is 2. The number of carbonyl (C=O) groups is 2. The van der Waals surface area contributed by atoms with E-state index in [4.69, 9.17) is 0 Å². The molecule has 9 nitrogen and oxygen atoms in total. The van der Waals surface area contributed by atoms with E-state index >= 15 is 0 Å². The molecule has 0 aliphatic carbocycles. The minimum atomic E-state index is -0.976. The third-order valence-electron chi connectivity index (χ3n) is 5.43. The van der Waals surface area contributed by atoms with E-state index in [1.54, 1.807) is 0 Å². The van der Waals surface area contributed by atoms with Crippen molar-refractivity contribution in [3.05, 3.63) is 54.1 Å². The lowest BCUT2D eigenvalue weighted by atomic mass is 9.97. The summed E-state index contributed by atoms with van der Waals surface area (Å²) in [5, 5.41) is 23.9. The van der Waals surface area contributed by atoms with Gasteiger partial charge >= 0.3 is 5.97 Å². The molecule has 2 aromatic carbocycles. The Kier molecular flexibility index (Phi) is 9.23. The van der Waals surface area contributed by atoms with Crippen LogP contribution < -0.4 is 0 Å². The molecule has 0 saturated carbocycles. The van der Waals surface area contributed by atoms with Crippen molar-refractivity contribution >= 4 is 11.9 Å². The first-order valence-corrected chi connectivity index (χ1v) is 10.9. The predicted octanol–water partition coefficient (Wildman–Crippen LogP) is 3.34. The van der Waals surface area contributed by atoms with Crippen LogP contribution in [0.3, 0.4) is 0 Å². The molecule has 3 rings (SSSR count). The van der Waals surface area contributed by atoms with Crippen LogP contribution in [0.15, 0.2) is 48.5 Å². The van der Waals surface area contributed by atoms with Crippen LogP contribution in [0.1, 0.15) is 45.6 Å². The second kappa shape index (κ2) is 11.9. The van der Waals surface area contributed by atoms with Crippen molar-refractivity contribution < 1.29 is 20.2 Å². The lowest BCUT2D eigenvalue weighted by Crippen LogP contribution is -2.47. The van der Waals surface area contributed by atoms with Crippen molar-refractivity contribution in [2.24, 2.45) is 5.92 Å². The first kappa shape index (κ1) is 25.7. The van der Waals surface area contributed by atoms with Gasteiger partial charge in [-0.1, -0.05) is 75.7 Å². The van der Waals surface area contributed by atoms with Crippen LogP contribution in [-0.2, 0) is 16.1 Å². The standard InChI is InChI=1S/C24H29N5O3.H2O/c1-4-5-10-21(30)29(22(16(2)3)24(31)32)15-17-11-13-18(14-12-17)19-8-6-7-9-20(19)23-25-27-28-26-23;/h6-9,11-14,16,22H,4-5,10,15H2,1-3H3,(H,31,32)(H,25,26,27,28);1H2/t22-;/m0./s1. The number of unbranched alkanes of at least 4 members (excludes halogenated alkanes) is 1. The van der Waals surface area contributed by atoms with Gasteiger partial charge in [0.05, 0.1) is 0 Å². The summed E-state index contributed by atoms with van der Waals surface area (Å²) in [6, 6.07) is 14.8. The highest BCUT2D eigenvalue weighted by Crippen LogP contribution is 2.30. The third-order valence-corrected chi connectivity index (χ3v) is 5.43. The summed E-state index contributed by atoms with van der Waals surface area (Å²) in [7, 11) is 0. The predicted molar refractivity (Wildman–Crippen MR) is 125 cm³/mol. The lowest BCUT2D eigenvalue weighted by molar-refractivity contribution is -0.153. The van der Waals surface area contributed by atoms with Gasteiger partial charge in [-0.3, -0.25) is 4.79 Å². The van der Waals surface area contributed by atoms with Gasteiger partial charge in [-0.15, -0.1) is 5.10 Å². The van der Waals surface area contributed by atoms with Gasteiger partial charge in [0, 0.05) is 18.5 Å². The fourth-order valence-electron chi connectivity index (χ4n) is 3.79. The zero-order chi connectivity index (χ0) is 23.1. The maximum Gasteiger partial charge on any atom is 0.326 e. The second-order valence-corrected chi connectivity index (χ2v) is 8.14. The second-order valence-electron chi connectivity index (χ2n) is 8.14. The Morgan fingerprint density at radius 1 is 1.06 bits per heavy atom. The number of aromatic amines is 1. The average molecular weight is 454 g/mol. The zero-order valence-electron chi connectivity index (χ0n) is 19.2. The van der Waals surface area contributed by atoms with Crippen molar-refractivity contribution in [2.45, 2.75) is 52.6 Å². The lowest BCUT2D eigenvalue weighted by Gasteiger charge is -2.32. The number of H-pyrrole nitrogens is 1. The van der Waals surface area contributed by atoms with Crippen molar-refractivity contribution in [1.29, 1.82) is 0 Å². The van der Waals surface area contributed by atoms with E-state index in [-0.39, 0.29) is 23.8 Å². The van der Waals surface area contributed by atoms with E-state index in [1.807, 2.05) is 69.3 Å². The summed E-state index contributed by atoms with van der Waals surface area (Å²) in [6.45, 7) is 5.93. The minimum Gasteiger partial charge on any atom is -0.480 e. The molecule has 0 bridgehead atoms. The summed E-state index contributed by atoms with van der Waals surface area (Å²) in [5.74, 6) is -0.713. The van der Waals surface area contributed by atoms with E-state index < -0.39 is 12.0 Å². The maximum absolute atomic E-state index is 12.9. The Labute approximate surface area is 193 Å². The zero-order valence-corrected chi connectivity index (χ0v) is 19.2. The number of nitrogens with one attached hydrogen (secondary N) is 1. The van der Waals surface area contributed by atoms with Crippen LogP contribution in [0.2, 0.25) is 0 Å². The van der Waals surface area contributed by atoms with E-state index in [1.165, 1.54) is 4.90 Å². The molecule has 4 N–H and O–H groups in total. The molecule has 9 heteroatoms. The summed E-state index contributed by atoms with van der Waals surface area (Å²) < 4.78 is 0. The van der Waals surface area contributed by atoms with Gasteiger partial charge in [0.25, 0.3) is 0 Å². The van der Waals surface area contributed by atoms with Crippen LogP contribution >= 0.6 is 0 Å². The van der Waals surface area contributed by atoms with E-state index in [0.29, 0.717) is 12.2 Å². The van der Waals surface area contributed by atoms with Gasteiger partial charge in [-0.25, -0.2) is 9.89 Å². The van der Waals surface area contributed by atoms with Crippen molar-refractivity contribution in [2.75, 3.05) is 0 Å². The normalized spacial score (nSPS) is 11.6. The molecule has 0 radical (unpaired) electrons. The highest BCUT2D eigenvalue weighted by molar-refractivity contribution is 5.84. The van der Waals surface area contributed by atoms with Crippen LogP contribution in [0, 0.1) is 5.92 Å². The molecule has 1 heterocycles. The molecule has 176 valence electrons. The van der Waals surface area contributed by atoms with Gasteiger partial charge in [0.2, 0.25) is 5.91 Å². The molecule has 1 aromatic heterocycles. The molecule has 33 heavy (non-hydrogen) atoms. The molecule has 0 saturated heterocycles. The maximum atomic E-state index is 12.9.